The zero-order valence-electron chi connectivity index (χ0n) is 13.5. The van der Waals surface area contributed by atoms with Crippen LogP contribution in [0.3, 0.4) is 0 Å². The van der Waals surface area contributed by atoms with Gasteiger partial charge in [0.15, 0.2) is 6.23 Å². The van der Waals surface area contributed by atoms with Crippen LogP contribution in [-0.4, -0.2) is 46.9 Å². The molecule has 23 heavy (non-hydrogen) atoms. The molecule has 1 aliphatic heterocycles. The van der Waals surface area contributed by atoms with Crippen LogP contribution in [0.2, 0.25) is 0 Å². The molecule has 2 amide bonds. The summed E-state index contributed by atoms with van der Waals surface area (Å²) in [5, 5.41) is 10.0. The van der Waals surface area contributed by atoms with Gasteiger partial charge in [0, 0.05) is 32.9 Å². The summed E-state index contributed by atoms with van der Waals surface area (Å²) in [4.78, 5) is 26.9. The molecule has 0 spiro atoms. The summed E-state index contributed by atoms with van der Waals surface area (Å²) in [6.45, 7) is 1.91. The minimum atomic E-state index is -0.594. The molecule has 1 aromatic rings. The summed E-state index contributed by atoms with van der Waals surface area (Å²) in [5.41, 5.74) is 0. The number of urea groups is 1. The second-order valence-corrected chi connectivity index (χ2v) is 7.17. The molecule has 0 radical (unpaired) electrons. The van der Waals surface area contributed by atoms with Crippen molar-refractivity contribution in [3.05, 3.63) is 5.01 Å². The van der Waals surface area contributed by atoms with Crippen LogP contribution in [0, 0.1) is 0 Å². The number of carbonyl (C=O) groups is 2. The molecular weight excluding hydrogens is 316 g/mol. The second-order valence-electron chi connectivity index (χ2n) is 6.18. The van der Waals surface area contributed by atoms with E-state index >= 15 is 0 Å². The topological polar surface area (TPSA) is 75.6 Å². The van der Waals surface area contributed by atoms with Gasteiger partial charge >= 0.3 is 12.0 Å². The Kier molecular flexibility index (Phi) is 4.79. The van der Waals surface area contributed by atoms with E-state index in [1.54, 1.807) is 11.9 Å². The third-order valence-electron chi connectivity index (χ3n) is 4.42. The Hall–Kier alpha value is -1.70. The van der Waals surface area contributed by atoms with E-state index in [0.717, 1.165) is 17.8 Å². The highest BCUT2D eigenvalue weighted by Crippen LogP contribution is 2.37. The summed E-state index contributed by atoms with van der Waals surface area (Å²) in [6, 6.07) is -0.200. The zero-order valence-corrected chi connectivity index (χ0v) is 14.3. The molecule has 1 saturated carbocycles. The van der Waals surface area contributed by atoms with Crippen molar-refractivity contribution in [2.24, 2.45) is 0 Å². The van der Waals surface area contributed by atoms with Gasteiger partial charge in [0.25, 0.3) is 0 Å². The van der Waals surface area contributed by atoms with E-state index in [4.69, 9.17) is 4.74 Å². The van der Waals surface area contributed by atoms with Gasteiger partial charge in [0.05, 0.1) is 0 Å². The largest absolute Gasteiger partial charge is 0.441 e. The molecule has 8 heteroatoms. The fourth-order valence-electron chi connectivity index (χ4n) is 3.18. The van der Waals surface area contributed by atoms with E-state index in [0.29, 0.717) is 24.0 Å². The molecule has 0 bridgehead atoms. The molecule has 1 aromatic heterocycles. The van der Waals surface area contributed by atoms with Gasteiger partial charge in [-0.3, -0.25) is 4.79 Å². The zero-order chi connectivity index (χ0) is 16.4. The van der Waals surface area contributed by atoms with Crippen LogP contribution in [-0.2, 0) is 9.53 Å². The number of esters is 1. The van der Waals surface area contributed by atoms with Gasteiger partial charge in [-0.1, -0.05) is 30.6 Å². The first kappa shape index (κ1) is 16.2. The minimum Gasteiger partial charge on any atom is -0.441 e. The Labute approximate surface area is 139 Å². The second kappa shape index (κ2) is 6.82. The smallest absolute Gasteiger partial charge is 0.329 e. The summed E-state index contributed by atoms with van der Waals surface area (Å²) in [5.74, 6) is 0.0502. The number of carbonyl (C=O) groups excluding carboxylic acids is 2. The molecule has 1 atom stereocenters. The molecule has 1 aliphatic carbocycles. The van der Waals surface area contributed by atoms with Gasteiger partial charge < -0.3 is 9.64 Å². The van der Waals surface area contributed by atoms with Crippen LogP contribution in [0.5, 0.6) is 0 Å². The summed E-state index contributed by atoms with van der Waals surface area (Å²) < 4.78 is 5.31. The van der Waals surface area contributed by atoms with Gasteiger partial charge in [-0.25, -0.2) is 9.69 Å². The summed E-state index contributed by atoms with van der Waals surface area (Å²) in [7, 11) is 1.74. The maximum absolute atomic E-state index is 12.5. The maximum atomic E-state index is 12.5. The number of anilines is 1. The molecule has 3 rings (SSSR count). The Morgan fingerprint density at radius 1 is 1.22 bits per heavy atom. The van der Waals surface area contributed by atoms with Crippen LogP contribution in [0.15, 0.2) is 0 Å². The van der Waals surface area contributed by atoms with Gasteiger partial charge in [-0.2, -0.15) is 0 Å². The number of rotatable bonds is 3. The molecule has 7 nitrogen and oxygen atoms in total. The number of aromatic nitrogens is 2. The number of hydrogen-bond donors (Lipinski definition) is 0. The van der Waals surface area contributed by atoms with Gasteiger partial charge in [0.2, 0.25) is 5.13 Å². The Bertz CT molecular complexity index is 585. The van der Waals surface area contributed by atoms with E-state index in [1.807, 2.05) is 0 Å². The van der Waals surface area contributed by atoms with E-state index in [1.165, 1.54) is 42.4 Å². The molecule has 0 N–H and O–H groups in total. The van der Waals surface area contributed by atoms with Crippen molar-refractivity contribution >= 4 is 28.5 Å². The van der Waals surface area contributed by atoms with E-state index in [-0.39, 0.29) is 6.03 Å². The lowest BCUT2D eigenvalue weighted by Crippen LogP contribution is -2.54. The molecular formula is C15H22N4O3S. The highest BCUT2D eigenvalue weighted by molar-refractivity contribution is 7.15. The molecule has 1 unspecified atom stereocenters. The van der Waals surface area contributed by atoms with Crippen molar-refractivity contribution in [3.8, 4) is 0 Å². The minimum absolute atomic E-state index is 0.200. The average molecular weight is 338 g/mol. The van der Waals surface area contributed by atoms with Crippen LogP contribution in [0.25, 0.3) is 0 Å². The van der Waals surface area contributed by atoms with Crippen molar-refractivity contribution in [1.29, 1.82) is 0 Å². The van der Waals surface area contributed by atoms with Gasteiger partial charge in [0.1, 0.15) is 5.01 Å². The molecule has 2 fully saturated rings. The fourth-order valence-corrected chi connectivity index (χ4v) is 4.23. The lowest BCUT2D eigenvalue weighted by Gasteiger charge is -2.37. The van der Waals surface area contributed by atoms with Gasteiger partial charge in [-0.05, 0) is 12.8 Å². The molecule has 126 valence electrons. The average Bonchev–Trinajstić information content (AvgIpc) is 3.01. The number of amides is 2. The maximum Gasteiger partial charge on any atom is 0.329 e. The molecule has 2 heterocycles. The SMILES string of the molecule is CC(=O)OC1CCN(C)C(=O)N1c1nnc(C2CCCCC2)s1. The third-order valence-corrected chi connectivity index (χ3v) is 5.51. The van der Waals surface area contributed by atoms with E-state index in [2.05, 4.69) is 10.2 Å². The Morgan fingerprint density at radius 2 is 1.96 bits per heavy atom. The highest BCUT2D eigenvalue weighted by Gasteiger charge is 2.37. The first-order chi connectivity index (χ1) is 11.1. The van der Waals surface area contributed by atoms with Crippen LogP contribution < -0.4 is 4.90 Å². The lowest BCUT2D eigenvalue weighted by molar-refractivity contribution is -0.146. The summed E-state index contributed by atoms with van der Waals surface area (Å²) in [6.07, 6.45) is 5.98. The van der Waals surface area contributed by atoms with Crippen molar-refractivity contribution in [2.75, 3.05) is 18.5 Å². The lowest BCUT2D eigenvalue weighted by atomic mass is 9.90. The quantitative estimate of drug-likeness (QED) is 0.792. The highest BCUT2D eigenvalue weighted by atomic mass is 32.1. The first-order valence-corrected chi connectivity index (χ1v) is 8.93. The predicted octanol–water partition coefficient (Wildman–Crippen LogP) is 2.74. The van der Waals surface area contributed by atoms with Crippen molar-refractivity contribution in [1.82, 2.24) is 15.1 Å². The first-order valence-electron chi connectivity index (χ1n) is 8.11. The Balaban J connectivity index is 1.82. The third kappa shape index (κ3) is 3.46. The number of hydrogen-bond acceptors (Lipinski definition) is 6. The fraction of sp³-hybridized carbons (Fsp3) is 0.733. The number of nitrogens with zero attached hydrogens (tertiary/aromatic N) is 4. The van der Waals surface area contributed by atoms with Crippen molar-refractivity contribution in [3.63, 3.8) is 0 Å². The summed E-state index contributed by atoms with van der Waals surface area (Å²) >= 11 is 1.45. The normalized spacial score (nSPS) is 23.2. The van der Waals surface area contributed by atoms with E-state index < -0.39 is 12.2 Å². The van der Waals surface area contributed by atoms with Gasteiger partial charge in [-0.15, -0.1) is 10.2 Å². The van der Waals surface area contributed by atoms with Crippen LogP contribution >= 0.6 is 11.3 Å². The Morgan fingerprint density at radius 3 is 2.65 bits per heavy atom. The van der Waals surface area contributed by atoms with Crippen molar-refractivity contribution < 1.29 is 14.3 Å². The molecule has 1 saturated heterocycles. The molecule has 0 aromatic carbocycles. The molecule has 2 aliphatic rings. The standard InChI is InChI=1S/C15H22N4O3S/c1-10(20)22-12-8-9-18(2)15(21)19(12)14-17-16-13(23-14)11-6-4-3-5-7-11/h11-12H,3-9H2,1-2H3. The van der Waals surface area contributed by atoms with Crippen LogP contribution in [0.1, 0.15) is 56.4 Å². The van der Waals surface area contributed by atoms with Crippen molar-refractivity contribution in [2.45, 2.75) is 57.6 Å². The van der Waals surface area contributed by atoms with Crippen LogP contribution in [0.4, 0.5) is 9.93 Å². The predicted molar refractivity (Wildman–Crippen MR) is 86.4 cm³/mol. The van der Waals surface area contributed by atoms with E-state index in [9.17, 15) is 9.59 Å². The monoisotopic (exact) mass is 338 g/mol. The number of ether oxygens (including phenoxy) is 1.